The van der Waals surface area contributed by atoms with E-state index in [-0.39, 0.29) is 0 Å². The molecule has 2 aliphatic rings. The first-order valence-electron chi connectivity index (χ1n) is 6.38. The van der Waals surface area contributed by atoms with Crippen LogP contribution < -0.4 is 10.6 Å². The van der Waals surface area contributed by atoms with Gasteiger partial charge in [0.05, 0.1) is 10.7 Å². The quantitative estimate of drug-likeness (QED) is 0.878. The van der Waals surface area contributed by atoms with Crippen molar-refractivity contribution in [2.45, 2.75) is 25.8 Å². The average Bonchev–Trinajstić information content (AvgIpc) is 2.90. The second-order valence-corrected chi connectivity index (χ2v) is 5.57. The first kappa shape index (κ1) is 11.3. The van der Waals surface area contributed by atoms with Crippen LogP contribution in [0.2, 0.25) is 5.02 Å². The van der Waals surface area contributed by atoms with Gasteiger partial charge in [-0.25, -0.2) is 4.98 Å². The second kappa shape index (κ2) is 4.46. The molecule has 1 aromatic heterocycles. The summed E-state index contributed by atoms with van der Waals surface area (Å²) in [5, 5.41) is 0.677. The summed E-state index contributed by atoms with van der Waals surface area (Å²) in [6, 6.07) is 3.93. The lowest BCUT2D eigenvalue weighted by atomic mass is 10.0. The van der Waals surface area contributed by atoms with Crippen molar-refractivity contribution in [3.63, 3.8) is 0 Å². The van der Waals surface area contributed by atoms with Gasteiger partial charge in [0.2, 0.25) is 0 Å². The van der Waals surface area contributed by atoms with Crippen LogP contribution >= 0.6 is 11.6 Å². The van der Waals surface area contributed by atoms with E-state index in [1.807, 2.05) is 12.1 Å². The highest BCUT2D eigenvalue weighted by molar-refractivity contribution is 6.31. The average molecular weight is 252 g/mol. The largest absolute Gasteiger partial charge is 0.356 e. The van der Waals surface area contributed by atoms with Crippen molar-refractivity contribution in [1.29, 1.82) is 0 Å². The van der Waals surface area contributed by atoms with Crippen molar-refractivity contribution in [2.75, 3.05) is 18.0 Å². The molecule has 1 saturated carbocycles. The minimum absolute atomic E-state index is 0.410. The van der Waals surface area contributed by atoms with Crippen molar-refractivity contribution in [1.82, 2.24) is 4.98 Å². The minimum Gasteiger partial charge on any atom is -0.356 e. The van der Waals surface area contributed by atoms with Gasteiger partial charge in [-0.2, -0.15) is 0 Å². The van der Waals surface area contributed by atoms with Gasteiger partial charge in [-0.1, -0.05) is 18.0 Å². The molecule has 0 radical (unpaired) electrons. The lowest BCUT2D eigenvalue weighted by Gasteiger charge is -2.19. The van der Waals surface area contributed by atoms with Gasteiger partial charge in [0.15, 0.2) is 0 Å². The minimum atomic E-state index is 0.410. The van der Waals surface area contributed by atoms with E-state index in [2.05, 4.69) is 9.88 Å². The first-order chi connectivity index (χ1) is 8.28. The molecule has 1 saturated heterocycles. The molecule has 2 heterocycles. The molecule has 17 heavy (non-hydrogen) atoms. The standard InChI is InChI=1S/C13H18ClN3/c14-11-4-5-13(16-12(11)6-15)17-7-9-2-1-3-10(9)8-17/h4-5,9-10H,1-3,6-8,15H2. The number of pyridine rings is 1. The van der Waals surface area contributed by atoms with E-state index >= 15 is 0 Å². The third-order valence-corrected chi connectivity index (χ3v) is 4.49. The molecule has 0 bridgehead atoms. The Kier molecular flexibility index (Phi) is 2.97. The molecule has 2 N–H and O–H groups in total. The van der Waals surface area contributed by atoms with E-state index in [0.29, 0.717) is 11.6 Å². The Morgan fingerprint density at radius 2 is 2.00 bits per heavy atom. The lowest BCUT2D eigenvalue weighted by Crippen LogP contribution is -2.22. The zero-order valence-electron chi connectivity index (χ0n) is 9.90. The van der Waals surface area contributed by atoms with Crippen LogP contribution in [-0.2, 0) is 6.54 Å². The molecular weight excluding hydrogens is 234 g/mol. The van der Waals surface area contributed by atoms with Gasteiger partial charge in [-0.3, -0.25) is 0 Å². The van der Waals surface area contributed by atoms with Gasteiger partial charge in [-0.15, -0.1) is 0 Å². The van der Waals surface area contributed by atoms with Crippen molar-refractivity contribution in [2.24, 2.45) is 17.6 Å². The molecule has 0 amide bonds. The number of hydrogen-bond acceptors (Lipinski definition) is 3. The van der Waals surface area contributed by atoms with Gasteiger partial charge < -0.3 is 10.6 Å². The number of anilines is 1. The maximum Gasteiger partial charge on any atom is 0.128 e. The molecule has 0 spiro atoms. The fraction of sp³-hybridized carbons (Fsp3) is 0.615. The van der Waals surface area contributed by atoms with Gasteiger partial charge in [0.1, 0.15) is 5.82 Å². The maximum atomic E-state index is 6.04. The summed E-state index contributed by atoms with van der Waals surface area (Å²) in [6.07, 6.45) is 4.18. The molecule has 0 aromatic carbocycles. The predicted molar refractivity (Wildman–Crippen MR) is 70.2 cm³/mol. The van der Waals surface area contributed by atoms with Crippen LogP contribution in [0, 0.1) is 11.8 Å². The number of nitrogens with zero attached hydrogens (tertiary/aromatic N) is 2. The number of halogens is 1. The smallest absolute Gasteiger partial charge is 0.128 e. The number of fused-ring (bicyclic) bond motifs is 1. The molecule has 2 unspecified atom stereocenters. The Morgan fingerprint density at radius 1 is 1.29 bits per heavy atom. The molecule has 3 nitrogen and oxygen atoms in total. The normalized spacial score (nSPS) is 27.5. The van der Waals surface area contributed by atoms with E-state index in [1.165, 1.54) is 19.3 Å². The van der Waals surface area contributed by atoms with E-state index in [4.69, 9.17) is 17.3 Å². The highest BCUT2D eigenvalue weighted by Crippen LogP contribution is 2.39. The van der Waals surface area contributed by atoms with E-state index in [0.717, 1.165) is 36.4 Å². The first-order valence-corrected chi connectivity index (χ1v) is 6.76. The summed E-state index contributed by atoms with van der Waals surface area (Å²) < 4.78 is 0. The number of rotatable bonds is 2. The van der Waals surface area contributed by atoms with Crippen molar-refractivity contribution < 1.29 is 0 Å². The van der Waals surface area contributed by atoms with Crippen LogP contribution in [0.15, 0.2) is 12.1 Å². The van der Waals surface area contributed by atoms with E-state index in [1.54, 1.807) is 0 Å². The van der Waals surface area contributed by atoms with Crippen LogP contribution in [0.3, 0.4) is 0 Å². The van der Waals surface area contributed by atoms with Crippen LogP contribution in [-0.4, -0.2) is 18.1 Å². The Morgan fingerprint density at radius 3 is 2.65 bits per heavy atom. The molecule has 2 fully saturated rings. The van der Waals surface area contributed by atoms with Crippen molar-refractivity contribution >= 4 is 17.4 Å². The van der Waals surface area contributed by atoms with Gasteiger partial charge in [0, 0.05) is 19.6 Å². The van der Waals surface area contributed by atoms with Gasteiger partial charge in [0.25, 0.3) is 0 Å². The Bertz CT molecular complexity index is 409. The number of aromatic nitrogens is 1. The Hall–Kier alpha value is -0.800. The third-order valence-electron chi connectivity index (χ3n) is 4.15. The predicted octanol–water partition coefficient (Wildman–Crippen LogP) is 2.43. The molecule has 92 valence electrons. The fourth-order valence-electron chi connectivity index (χ4n) is 3.21. The fourth-order valence-corrected chi connectivity index (χ4v) is 3.40. The zero-order chi connectivity index (χ0) is 11.8. The van der Waals surface area contributed by atoms with Crippen LogP contribution in [0.4, 0.5) is 5.82 Å². The molecular formula is C13H18ClN3. The summed E-state index contributed by atoms with van der Waals surface area (Å²) in [5.41, 5.74) is 6.45. The summed E-state index contributed by atoms with van der Waals surface area (Å²) in [6.45, 7) is 2.72. The lowest BCUT2D eigenvalue weighted by molar-refractivity contribution is 0.494. The summed E-state index contributed by atoms with van der Waals surface area (Å²) >= 11 is 6.04. The van der Waals surface area contributed by atoms with E-state index < -0.39 is 0 Å². The van der Waals surface area contributed by atoms with Crippen molar-refractivity contribution in [3.8, 4) is 0 Å². The summed E-state index contributed by atoms with van der Waals surface area (Å²) in [5.74, 6) is 2.81. The Balaban J connectivity index is 1.81. The third kappa shape index (κ3) is 2.02. The molecule has 4 heteroatoms. The molecule has 1 aromatic rings. The highest BCUT2D eigenvalue weighted by atomic mass is 35.5. The van der Waals surface area contributed by atoms with Gasteiger partial charge >= 0.3 is 0 Å². The van der Waals surface area contributed by atoms with E-state index in [9.17, 15) is 0 Å². The Labute approximate surface area is 107 Å². The number of nitrogens with two attached hydrogens (primary N) is 1. The summed E-state index contributed by atoms with van der Waals surface area (Å²) in [4.78, 5) is 6.96. The SMILES string of the molecule is NCc1nc(N2CC3CCCC3C2)ccc1Cl. The molecule has 2 atom stereocenters. The molecule has 3 rings (SSSR count). The van der Waals surface area contributed by atoms with Crippen LogP contribution in [0.1, 0.15) is 25.0 Å². The highest BCUT2D eigenvalue weighted by Gasteiger charge is 2.36. The van der Waals surface area contributed by atoms with Crippen LogP contribution in [0.25, 0.3) is 0 Å². The topological polar surface area (TPSA) is 42.1 Å². The molecule has 1 aliphatic heterocycles. The zero-order valence-corrected chi connectivity index (χ0v) is 10.7. The summed E-state index contributed by atoms with van der Waals surface area (Å²) in [7, 11) is 0. The maximum absolute atomic E-state index is 6.04. The van der Waals surface area contributed by atoms with Crippen LogP contribution in [0.5, 0.6) is 0 Å². The number of hydrogen-bond donors (Lipinski definition) is 1. The molecule has 1 aliphatic carbocycles. The monoisotopic (exact) mass is 251 g/mol. The van der Waals surface area contributed by atoms with Gasteiger partial charge in [-0.05, 0) is 36.8 Å². The second-order valence-electron chi connectivity index (χ2n) is 5.16. The van der Waals surface area contributed by atoms with Crippen molar-refractivity contribution in [3.05, 3.63) is 22.8 Å².